The Morgan fingerprint density at radius 1 is 1.62 bits per heavy atom. The van der Waals surface area contributed by atoms with Crippen LogP contribution in [0.15, 0.2) is 17.5 Å². The Kier molecular flexibility index (Phi) is 2.84. The average Bonchev–Trinajstić information content (AvgIpc) is 2.76. The van der Waals surface area contributed by atoms with Crippen LogP contribution in [0.5, 0.6) is 5.88 Å². The second kappa shape index (κ2) is 4.15. The van der Waals surface area contributed by atoms with Gasteiger partial charge in [0.2, 0.25) is 18.1 Å². The molecule has 1 aliphatic rings. The molecule has 0 fully saturated rings. The van der Waals surface area contributed by atoms with Gasteiger partial charge in [-0.1, -0.05) is 0 Å². The molecular formula is C10H15N3O3. The highest BCUT2D eigenvalue weighted by atomic mass is 16.8. The first-order valence-electron chi connectivity index (χ1n) is 5.14. The minimum Gasteiger partial charge on any atom is -0.419 e. The molecule has 6 heteroatoms. The molecule has 0 bridgehead atoms. The van der Waals surface area contributed by atoms with E-state index in [1.54, 1.807) is 6.92 Å². The summed E-state index contributed by atoms with van der Waals surface area (Å²) in [6.45, 7) is 6.48. The number of nitrogens with one attached hydrogen (secondary N) is 1. The molecule has 2 heterocycles. The third-order valence-electron chi connectivity index (χ3n) is 2.46. The third kappa shape index (κ3) is 1.89. The number of hydrogen-bond acceptors (Lipinski definition) is 5. The number of hydrogen-bond donors (Lipinski definition) is 2. The molecule has 0 saturated heterocycles. The summed E-state index contributed by atoms with van der Waals surface area (Å²) < 4.78 is 7.30. The van der Waals surface area contributed by atoms with E-state index in [1.807, 2.05) is 24.6 Å². The van der Waals surface area contributed by atoms with E-state index in [1.165, 1.54) is 0 Å². The normalized spacial score (nSPS) is 20.1. The predicted molar refractivity (Wildman–Crippen MR) is 56.2 cm³/mol. The van der Waals surface area contributed by atoms with Gasteiger partial charge in [-0.25, -0.2) is 10.3 Å². The summed E-state index contributed by atoms with van der Waals surface area (Å²) >= 11 is 0. The van der Waals surface area contributed by atoms with Gasteiger partial charge < -0.3 is 9.84 Å². The molecule has 0 aliphatic carbocycles. The van der Waals surface area contributed by atoms with Crippen LogP contribution in [0.2, 0.25) is 0 Å². The Morgan fingerprint density at radius 2 is 2.38 bits per heavy atom. The number of nitrogens with zero attached hydrogens (tertiary/aromatic N) is 2. The molecule has 0 radical (unpaired) electrons. The molecule has 0 aromatic carbocycles. The Morgan fingerprint density at radius 3 is 2.88 bits per heavy atom. The Balaban J connectivity index is 2.15. The minimum absolute atomic E-state index is 0.397. The fraction of sp³-hybridized carbons (Fsp3) is 0.500. The van der Waals surface area contributed by atoms with Crippen molar-refractivity contribution in [2.75, 3.05) is 0 Å². The van der Waals surface area contributed by atoms with E-state index in [2.05, 4.69) is 10.6 Å². The molecule has 1 atom stereocenters. The molecule has 1 unspecified atom stereocenters. The van der Waals surface area contributed by atoms with Crippen LogP contribution in [0.1, 0.15) is 19.5 Å². The van der Waals surface area contributed by atoms with Crippen molar-refractivity contribution in [2.24, 2.45) is 0 Å². The van der Waals surface area contributed by atoms with Crippen LogP contribution in [-0.4, -0.2) is 21.2 Å². The van der Waals surface area contributed by atoms with Crippen LogP contribution in [0.3, 0.4) is 0 Å². The maximum atomic E-state index is 9.30. The van der Waals surface area contributed by atoms with E-state index in [0.29, 0.717) is 17.3 Å². The summed E-state index contributed by atoms with van der Waals surface area (Å²) in [5.41, 5.74) is 4.13. The smallest absolute Gasteiger partial charge is 0.240 e. The fourth-order valence-electron chi connectivity index (χ4n) is 1.45. The second-order valence-electron chi connectivity index (χ2n) is 3.63. The Labute approximate surface area is 93.4 Å². The van der Waals surface area contributed by atoms with E-state index >= 15 is 0 Å². The van der Waals surface area contributed by atoms with Gasteiger partial charge in [0.25, 0.3) is 0 Å². The first-order chi connectivity index (χ1) is 7.61. The number of ether oxygens (including phenoxy) is 1. The van der Waals surface area contributed by atoms with Crippen molar-refractivity contribution in [1.82, 2.24) is 15.3 Å². The van der Waals surface area contributed by atoms with Crippen LogP contribution in [0.4, 0.5) is 0 Å². The van der Waals surface area contributed by atoms with Gasteiger partial charge in [-0.3, -0.25) is 4.68 Å². The molecule has 1 aromatic heterocycles. The van der Waals surface area contributed by atoms with Gasteiger partial charge in [-0.15, -0.1) is 5.10 Å². The summed E-state index contributed by atoms with van der Waals surface area (Å²) in [5, 5.41) is 13.5. The number of aliphatic hydroxyl groups is 1. The van der Waals surface area contributed by atoms with Crippen molar-refractivity contribution < 1.29 is 14.7 Å². The predicted octanol–water partition coefficient (Wildman–Crippen LogP) is 0.675. The largest absolute Gasteiger partial charge is 0.419 e. The van der Waals surface area contributed by atoms with Crippen LogP contribution >= 0.6 is 0 Å². The molecular weight excluding hydrogens is 210 g/mol. The zero-order valence-electron chi connectivity index (χ0n) is 9.52. The maximum Gasteiger partial charge on any atom is 0.240 e. The lowest BCUT2D eigenvalue weighted by atomic mass is 10.3. The zero-order valence-corrected chi connectivity index (χ0v) is 9.52. The van der Waals surface area contributed by atoms with Crippen molar-refractivity contribution in [3.63, 3.8) is 0 Å². The van der Waals surface area contributed by atoms with Crippen molar-refractivity contribution >= 4 is 0 Å². The van der Waals surface area contributed by atoms with Crippen LogP contribution in [-0.2, 0) is 11.4 Å². The summed E-state index contributed by atoms with van der Waals surface area (Å²) in [5.74, 6) is 0.882. The number of aliphatic hydroxyl groups excluding tert-OH is 1. The third-order valence-corrected chi connectivity index (χ3v) is 2.46. The first-order valence-corrected chi connectivity index (χ1v) is 5.14. The van der Waals surface area contributed by atoms with Gasteiger partial charge in [0.05, 0.1) is 0 Å². The highest BCUT2D eigenvalue weighted by molar-refractivity contribution is 5.19. The molecule has 0 spiro atoms. The highest BCUT2D eigenvalue weighted by Crippen LogP contribution is 2.19. The molecule has 1 aromatic rings. The minimum atomic E-state index is -0.954. The average molecular weight is 225 g/mol. The standard InChI is InChI=1S/C10H15N3O3/c1-4-13-6(2)5-8(11-13)15-9-7(3)10(14)16-12-9/h5,10,12,14H,4H2,1-3H3. The van der Waals surface area contributed by atoms with Crippen LogP contribution < -0.4 is 10.2 Å². The van der Waals surface area contributed by atoms with Gasteiger partial charge in [0, 0.05) is 23.9 Å². The van der Waals surface area contributed by atoms with E-state index in [9.17, 15) is 5.11 Å². The van der Waals surface area contributed by atoms with Gasteiger partial charge in [0.1, 0.15) is 0 Å². The molecule has 88 valence electrons. The monoisotopic (exact) mass is 225 g/mol. The van der Waals surface area contributed by atoms with E-state index in [0.717, 1.165) is 12.2 Å². The SMILES string of the molecule is CCn1nc(OC2=C(C)C(O)ON2)cc1C. The summed E-state index contributed by atoms with van der Waals surface area (Å²) in [6, 6.07) is 1.83. The fourth-order valence-corrected chi connectivity index (χ4v) is 1.45. The first kappa shape index (κ1) is 11.0. The van der Waals surface area contributed by atoms with Crippen molar-refractivity contribution in [3.05, 3.63) is 23.2 Å². The Hall–Kier alpha value is -1.53. The molecule has 0 saturated carbocycles. The summed E-state index contributed by atoms with van der Waals surface area (Å²) in [6.07, 6.45) is -0.954. The van der Waals surface area contributed by atoms with Crippen molar-refractivity contribution in [1.29, 1.82) is 0 Å². The topological polar surface area (TPSA) is 68.5 Å². The number of hydroxylamine groups is 1. The Bertz CT molecular complexity index is 425. The highest BCUT2D eigenvalue weighted by Gasteiger charge is 2.23. The van der Waals surface area contributed by atoms with Crippen molar-refractivity contribution in [3.8, 4) is 5.88 Å². The molecule has 0 amide bonds. The van der Waals surface area contributed by atoms with Gasteiger partial charge in [0.15, 0.2) is 0 Å². The summed E-state index contributed by atoms with van der Waals surface area (Å²) in [7, 11) is 0. The number of aromatic nitrogens is 2. The zero-order chi connectivity index (χ0) is 11.7. The van der Waals surface area contributed by atoms with E-state index in [-0.39, 0.29) is 0 Å². The number of aryl methyl sites for hydroxylation is 2. The molecule has 2 rings (SSSR count). The molecule has 6 nitrogen and oxygen atoms in total. The number of rotatable bonds is 3. The maximum absolute atomic E-state index is 9.30. The van der Waals surface area contributed by atoms with Gasteiger partial charge in [-0.05, 0) is 20.8 Å². The van der Waals surface area contributed by atoms with Gasteiger partial charge >= 0.3 is 0 Å². The molecule has 2 N–H and O–H groups in total. The van der Waals surface area contributed by atoms with Crippen molar-refractivity contribution in [2.45, 2.75) is 33.6 Å². The van der Waals surface area contributed by atoms with Crippen LogP contribution in [0.25, 0.3) is 0 Å². The molecule has 16 heavy (non-hydrogen) atoms. The van der Waals surface area contributed by atoms with Gasteiger partial charge in [-0.2, -0.15) is 0 Å². The lowest BCUT2D eigenvalue weighted by Gasteiger charge is -2.02. The molecule has 1 aliphatic heterocycles. The lowest BCUT2D eigenvalue weighted by molar-refractivity contribution is -0.0957. The lowest BCUT2D eigenvalue weighted by Crippen LogP contribution is -2.14. The second-order valence-corrected chi connectivity index (χ2v) is 3.63. The quantitative estimate of drug-likeness (QED) is 0.791. The summed E-state index contributed by atoms with van der Waals surface area (Å²) in [4.78, 5) is 4.79. The van der Waals surface area contributed by atoms with Crippen LogP contribution in [0, 0.1) is 6.92 Å². The van der Waals surface area contributed by atoms with E-state index < -0.39 is 6.29 Å². The van der Waals surface area contributed by atoms with E-state index in [4.69, 9.17) is 9.57 Å².